The molecule has 1 unspecified atom stereocenters. The lowest BCUT2D eigenvalue weighted by Gasteiger charge is -2.15. The van der Waals surface area contributed by atoms with Crippen LogP contribution in [0.2, 0.25) is 5.02 Å². The van der Waals surface area contributed by atoms with E-state index in [1.165, 1.54) is 6.92 Å². The number of anilines is 1. The third-order valence-electron chi connectivity index (χ3n) is 2.71. The van der Waals surface area contributed by atoms with Crippen LogP contribution in [-0.4, -0.2) is 22.2 Å². The van der Waals surface area contributed by atoms with E-state index in [4.69, 9.17) is 16.3 Å². The molecule has 0 radical (unpaired) electrons. The molecule has 1 aromatic heterocycles. The van der Waals surface area contributed by atoms with Crippen LogP contribution in [0.5, 0.6) is 5.75 Å². The van der Waals surface area contributed by atoms with Crippen molar-refractivity contribution in [3.8, 4) is 5.75 Å². The lowest BCUT2D eigenvalue weighted by molar-refractivity contribution is -0.138. The Bertz CT molecular complexity index is 721. The van der Waals surface area contributed by atoms with Crippen LogP contribution in [0.4, 0.5) is 18.3 Å². The van der Waals surface area contributed by atoms with Crippen molar-refractivity contribution in [1.82, 2.24) is 10.2 Å². The van der Waals surface area contributed by atoms with Crippen molar-refractivity contribution in [2.45, 2.75) is 26.1 Å². The molecule has 0 bridgehead atoms. The molecule has 10 heteroatoms. The van der Waals surface area contributed by atoms with E-state index in [0.717, 1.165) is 5.56 Å². The van der Waals surface area contributed by atoms with Gasteiger partial charge in [-0.1, -0.05) is 22.9 Å². The summed E-state index contributed by atoms with van der Waals surface area (Å²) in [5.41, 5.74) is 0.729. The van der Waals surface area contributed by atoms with E-state index in [2.05, 4.69) is 15.5 Å². The summed E-state index contributed by atoms with van der Waals surface area (Å²) < 4.78 is 42.7. The number of ether oxygens (including phenoxy) is 1. The predicted octanol–water partition coefficient (Wildman–Crippen LogP) is 3.92. The number of hydrogen-bond acceptors (Lipinski definition) is 5. The van der Waals surface area contributed by atoms with E-state index in [0.29, 0.717) is 10.8 Å². The monoisotopic (exact) mass is 365 g/mol. The smallest absolute Gasteiger partial charge is 0.445 e. The normalized spacial score (nSPS) is 12.8. The van der Waals surface area contributed by atoms with Crippen molar-refractivity contribution in [1.29, 1.82) is 0 Å². The summed E-state index contributed by atoms with van der Waals surface area (Å²) in [4.78, 5) is 11.9. The third-order valence-corrected chi connectivity index (χ3v) is 3.83. The fourth-order valence-electron chi connectivity index (χ4n) is 1.58. The van der Waals surface area contributed by atoms with Crippen molar-refractivity contribution < 1.29 is 22.7 Å². The van der Waals surface area contributed by atoms with Gasteiger partial charge in [-0.3, -0.25) is 10.1 Å². The van der Waals surface area contributed by atoms with E-state index >= 15 is 0 Å². The summed E-state index contributed by atoms with van der Waals surface area (Å²) in [6.07, 6.45) is -5.53. The van der Waals surface area contributed by atoms with Gasteiger partial charge in [-0.2, -0.15) is 13.2 Å². The van der Waals surface area contributed by atoms with Gasteiger partial charge in [0.05, 0.1) is 0 Å². The third kappa shape index (κ3) is 4.55. The molecule has 0 aliphatic heterocycles. The van der Waals surface area contributed by atoms with Crippen molar-refractivity contribution in [3.05, 3.63) is 33.8 Å². The molecule has 1 aromatic carbocycles. The van der Waals surface area contributed by atoms with Crippen molar-refractivity contribution in [2.75, 3.05) is 5.32 Å². The molecule has 5 nitrogen and oxygen atoms in total. The fraction of sp³-hybridized carbons (Fsp3) is 0.308. The molecule has 1 heterocycles. The summed E-state index contributed by atoms with van der Waals surface area (Å²) in [6, 6.07) is 4.88. The number of benzene rings is 1. The van der Waals surface area contributed by atoms with Crippen molar-refractivity contribution >= 4 is 34.0 Å². The van der Waals surface area contributed by atoms with Gasteiger partial charge in [0.25, 0.3) is 5.91 Å². The van der Waals surface area contributed by atoms with Gasteiger partial charge in [0.1, 0.15) is 5.75 Å². The first-order chi connectivity index (χ1) is 10.7. The summed E-state index contributed by atoms with van der Waals surface area (Å²) in [6.45, 7) is 3.22. The second-order valence-electron chi connectivity index (χ2n) is 4.57. The highest BCUT2D eigenvalue weighted by Crippen LogP contribution is 2.33. The average Bonchev–Trinajstić information content (AvgIpc) is 2.90. The largest absolute Gasteiger partial charge is 0.481 e. The Kier molecular flexibility index (Phi) is 5.10. The van der Waals surface area contributed by atoms with Crippen LogP contribution >= 0.6 is 22.9 Å². The molecule has 0 aliphatic rings. The molecule has 1 atom stereocenters. The zero-order valence-electron chi connectivity index (χ0n) is 11.9. The van der Waals surface area contributed by atoms with Gasteiger partial charge < -0.3 is 4.74 Å². The molecule has 23 heavy (non-hydrogen) atoms. The topological polar surface area (TPSA) is 64.1 Å². The van der Waals surface area contributed by atoms with E-state index < -0.39 is 23.2 Å². The molecule has 0 saturated heterocycles. The van der Waals surface area contributed by atoms with Gasteiger partial charge in [0, 0.05) is 5.02 Å². The highest BCUT2D eigenvalue weighted by atomic mass is 35.5. The highest BCUT2D eigenvalue weighted by molar-refractivity contribution is 7.15. The first kappa shape index (κ1) is 17.5. The molecule has 2 rings (SSSR count). The number of aromatic nitrogens is 2. The molecule has 2 aromatic rings. The molecular formula is C13H11ClF3N3O2S. The summed E-state index contributed by atoms with van der Waals surface area (Å²) in [7, 11) is 0. The Morgan fingerprint density at radius 1 is 1.39 bits per heavy atom. The SMILES string of the molecule is Cc1cc(Cl)ccc1OC(C)C(=O)Nc1nnc(C(F)(F)F)s1. The maximum absolute atomic E-state index is 12.4. The second-order valence-corrected chi connectivity index (χ2v) is 5.98. The molecule has 1 N–H and O–H groups in total. The lowest BCUT2D eigenvalue weighted by atomic mass is 10.2. The van der Waals surface area contributed by atoms with Gasteiger partial charge in [0.2, 0.25) is 10.1 Å². The maximum atomic E-state index is 12.4. The Labute approximate surface area is 138 Å². The summed E-state index contributed by atoms with van der Waals surface area (Å²) in [5.74, 6) is -0.186. The van der Waals surface area contributed by atoms with Gasteiger partial charge in [0.15, 0.2) is 6.10 Å². The zero-order chi connectivity index (χ0) is 17.2. The van der Waals surface area contributed by atoms with E-state index in [1.807, 2.05) is 0 Å². The first-order valence-corrected chi connectivity index (χ1v) is 7.50. The lowest BCUT2D eigenvalue weighted by Crippen LogP contribution is -2.30. The highest BCUT2D eigenvalue weighted by Gasteiger charge is 2.36. The van der Waals surface area contributed by atoms with Gasteiger partial charge in [-0.15, -0.1) is 10.2 Å². The number of carbonyl (C=O) groups is 1. The molecule has 0 fully saturated rings. The minimum Gasteiger partial charge on any atom is -0.481 e. The molecular weight excluding hydrogens is 355 g/mol. The number of halogens is 4. The number of amides is 1. The number of rotatable bonds is 4. The molecule has 0 saturated carbocycles. The Morgan fingerprint density at radius 3 is 2.65 bits per heavy atom. The number of aryl methyl sites for hydroxylation is 1. The van der Waals surface area contributed by atoms with Crippen LogP contribution in [0.1, 0.15) is 17.5 Å². The van der Waals surface area contributed by atoms with Crippen LogP contribution in [0.25, 0.3) is 0 Å². The Morgan fingerprint density at radius 2 is 2.09 bits per heavy atom. The summed E-state index contributed by atoms with van der Waals surface area (Å²) in [5, 5.41) is 7.66. The fourth-order valence-corrected chi connectivity index (χ4v) is 2.42. The van der Waals surface area contributed by atoms with Crippen LogP contribution in [0.15, 0.2) is 18.2 Å². The zero-order valence-corrected chi connectivity index (χ0v) is 13.5. The van der Waals surface area contributed by atoms with E-state index in [-0.39, 0.29) is 16.5 Å². The van der Waals surface area contributed by atoms with Crippen LogP contribution in [-0.2, 0) is 11.0 Å². The van der Waals surface area contributed by atoms with Crippen molar-refractivity contribution in [3.63, 3.8) is 0 Å². The summed E-state index contributed by atoms with van der Waals surface area (Å²) >= 11 is 6.07. The van der Waals surface area contributed by atoms with Crippen LogP contribution in [0.3, 0.4) is 0 Å². The number of carbonyl (C=O) groups excluding carboxylic acids is 1. The minimum absolute atomic E-state index is 0.245. The van der Waals surface area contributed by atoms with Crippen molar-refractivity contribution in [2.24, 2.45) is 0 Å². The minimum atomic E-state index is -4.59. The second kappa shape index (κ2) is 6.71. The van der Waals surface area contributed by atoms with Gasteiger partial charge >= 0.3 is 6.18 Å². The van der Waals surface area contributed by atoms with Gasteiger partial charge in [-0.05, 0) is 37.6 Å². The first-order valence-electron chi connectivity index (χ1n) is 6.31. The number of nitrogens with one attached hydrogen (secondary N) is 1. The standard InChI is InChI=1S/C13H11ClF3N3O2S/c1-6-5-8(14)3-4-9(6)22-7(2)10(21)18-12-20-19-11(23-12)13(15,16)17/h3-5,7H,1-2H3,(H,18,20,21). The number of hydrogen-bond donors (Lipinski definition) is 1. The van der Waals surface area contributed by atoms with Gasteiger partial charge in [-0.25, -0.2) is 0 Å². The van der Waals surface area contributed by atoms with E-state index in [9.17, 15) is 18.0 Å². The average molecular weight is 366 g/mol. The molecule has 124 valence electrons. The molecule has 1 amide bonds. The molecule has 0 aliphatic carbocycles. The predicted molar refractivity (Wildman–Crippen MR) is 79.8 cm³/mol. The number of alkyl halides is 3. The van der Waals surface area contributed by atoms with E-state index in [1.54, 1.807) is 25.1 Å². The van der Waals surface area contributed by atoms with Crippen LogP contribution < -0.4 is 10.1 Å². The Balaban J connectivity index is 2.01. The quantitative estimate of drug-likeness (QED) is 0.891. The number of nitrogens with zero attached hydrogens (tertiary/aromatic N) is 2. The Hall–Kier alpha value is -1.87. The van der Waals surface area contributed by atoms with Crippen LogP contribution in [0, 0.1) is 6.92 Å². The molecule has 0 spiro atoms. The maximum Gasteiger partial charge on any atom is 0.445 e.